The highest BCUT2D eigenvalue weighted by Crippen LogP contribution is 2.16. The van der Waals surface area contributed by atoms with Crippen molar-refractivity contribution in [3.63, 3.8) is 0 Å². The molecule has 1 unspecified atom stereocenters. The summed E-state index contributed by atoms with van der Waals surface area (Å²) in [6.07, 6.45) is 2.47. The Morgan fingerprint density at radius 2 is 1.78 bits per heavy atom. The molecule has 2 nitrogen and oxygen atoms in total. The van der Waals surface area contributed by atoms with Gasteiger partial charge in [0.25, 0.3) is 0 Å². The van der Waals surface area contributed by atoms with Crippen LogP contribution in [0.25, 0.3) is 0 Å². The molecule has 102 valence electrons. The van der Waals surface area contributed by atoms with Crippen LogP contribution < -0.4 is 5.32 Å². The van der Waals surface area contributed by atoms with Crippen molar-refractivity contribution in [1.82, 2.24) is 5.32 Å². The number of nitrogens with one attached hydrogen (secondary N) is 1. The van der Waals surface area contributed by atoms with E-state index in [0.717, 1.165) is 19.6 Å². The van der Waals surface area contributed by atoms with Gasteiger partial charge in [-0.25, -0.2) is 0 Å². The van der Waals surface area contributed by atoms with Crippen molar-refractivity contribution in [3.05, 3.63) is 35.9 Å². The Bertz CT molecular complexity index is 316. The highest BCUT2D eigenvalue weighted by molar-refractivity contribution is 5.16. The molecule has 0 aliphatic rings. The quantitative estimate of drug-likeness (QED) is 0.739. The number of hydrogen-bond donors (Lipinski definition) is 1. The lowest BCUT2D eigenvalue weighted by molar-refractivity contribution is 0.0629. The van der Waals surface area contributed by atoms with Crippen LogP contribution in [-0.4, -0.2) is 18.7 Å². The molecule has 0 spiro atoms. The number of rotatable bonds is 7. The van der Waals surface area contributed by atoms with Gasteiger partial charge in [-0.05, 0) is 52.6 Å². The Morgan fingerprint density at radius 3 is 2.39 bits per heavy atom. The molecule has 1 N–H and O–H groups in total. The lowest BCUT2D eigenvalue weighted by Crippen LogP contribution is -2.36. The van der Waals surface area contributed by atoms with Crippen molar-refractivity contribution in [2.45, 2.75) is 52.2 Å². The van der Waals surface area contributed by atoms with Gasteiger partial charge in [0.15, 0.2) is 0 Å². The summed E-state index contributed by atoms with van der Waals surface area (Å²) in [6, 6.07) is 10.4. The monoisotopic (exact) mass is 249 g/mol. The second kappa shape index (κ2) is 7.55. The summed E-state index contributed by atoms with van der Waals surface area (Å²) >= 11 is 0. The maximum atomic E-state index is 5.83. The summed E-state index contributed by atoms with van der Waals surface area (Å²) in [4.78, 5) is 0. The predicted molar refractivity (Wildman–Crippen MR) is 77.8 cm³/mol. The van der Waals surface area contributed by atoms with Crippen LogP contribution in [0.15, 0.2) is 30.3 Å². The first-order valence-corrected chi connectivity index (χ1v) is 6.90. The summed E-state index contributed by atoms with van der Waals surface area (Å²) in [7, 11) is 0. The Kier molecular flexibility index (Phi) is 6.37. The third-order valence-corrected chi connectivity index (χ3v) is 2.86. The van der Waals surface area contributed by atoms with E-state index in [1.165, 1.54) is 12.0 Å². The predicted octanol–water partition coefficient (Wildman–Crippen LogP) is 3.93. The smallest absolute Gasteiger partial charge is 0.0796 e. The molecule has 0 aliphatic heterocycles. The average molecular weight is 249 g/mol. The maximum absolute atomic E-state index is 5.83. The molecular formula is C16H27NO. The van der Waals surface area contributed by atoms with Crippen LogP contribution >= 0.6 is 0 Å². The molecule has 1 aromatic rings. The van der Waals surface area contributed by atoms with Gasteiger partial charge in [-0.1, -0.05) is 30.3 Å². The fourth-order valence-corrected chi connectivity index (χ4v) is 1.77. The minimum absolute atomic E-state index is 0.196. The second-order valence-electron chi connectivity index (χ2n) is 5.81. The number of unbranched alkanes of at least 4 members (excludes halogenated alkanes) is 1. The second-order valence-corrected chi connectivity index (χ2v) is 5.81. The summed E-state index contributed by atoms with van der Waals surface area (Å²) in [5.41, 5.74) is 1.48. The molecule has 18 heavy (non-hydrogen) atoms. The van der Waals surface area contributed by atoms with Crippen LogP contribution in [0.5, 0.6) is 0 Å². The average Bonchev–Trinajstić information content (AvgIpc) is 2.33. The van der Waals surface area contributed by atoms with E-state index in [9.17, 15) is 0 Å². The first kappa shape index (κ1) is 15.2. The Hall–Kier alpha value is -0.860. The zero-order chi connectivity index (χ0) is 13.4. The minimum atomic E-state index is 0.196. The van der Waals surface area contributed by atoms with Crippen LogP contribution in [0.2, 0.25) is 0 Å². The molecular weight excluding hydrogens is 222 g/mol. The van der Waals surface area contributed by atoms with E-state index in [4.69, 9.17) is 4.74 Å². The topological polar surface area (TPSA) is 21.3 Å². The van der Waals surface area contributed by atoms with Crippen LogP contribution in [0.3, 0.4) is 0 Å². The van der Waals surface area contributed by atoms with Crippen molar-refractivity contribution >= 4 is 0 Å². The Labute approximate surface area is 112 Å². The van der Waals surface area contributed by atoms with Gasteiger partial charge in [0, 0.05) is 12.1 Å². The first-order chi connectivity index (χ1) is 8.49. The van der Waals surface area contributed by atoms with E-state index in [2.05, 4.69) is 57.3 Å². The van der Waals surface area contributed by atoms with Gasteiger partial charge in [-0.15, -0.1) is 0 Å². The third-order valence-electron chi connectivity index (χ3n) is 2.86. The highest BCUT2D eigenvalue weighted by atomic mass is 16.5. The molecule has 1 atom stereocenters. The molecule has 2 heteroatoms. The Morgan fingerprint density at radius 1 is 1.11 bits per heavy atom. The van der Waals surface area contributed by atoms with Gasteiger partial charge < -0.3 is 10.1 Å². The largest absolute Gasteiger partial charge is 0.374 e. The fraction of sp³-hybridized carbons (Fsp3) is 0.625. The molecule has 0 bridgehead atoms. The molecule has 0 aromatic heterocycles. The molecule has 0 amide bonds. The zero-order valence-corrected chi connectivity index (χ0v) is 12.2. The fourth-order valence-electron chi connectivity index (χ4n) is 1.77. The van der Waals surface area contributed by atoms with Crippen LogP contribution in [0, 0.1) is 0 Å². The van der Waals surface area contributed by atoms with Gasteiger partial charge in [0.2, 0.25) is 0 Å². The van der Waals surface area contributed by atoms with Gasteiger partial charge in [0.05, 0.1) is 6.10 Å². The summed E-state index contributed by atoms with van der Waals surface area (Å²) < 4.78 is 5.83. The van der Waals surface area contributed by atoms with Gasteiger partial charge in [-0.2, -0.15) is 0 Å². The van der Waals surface area contributed by atoms with E-state index >= 15 is 0 Å². The molecule has 0 heterocycles. The molecule has 0 saturated heterocycles. The van der Waals surface area contributed by atoms with E-state index in [1.807, 2.05) is 6.07 Å². The van der Waals surface area contributed by atoms with Crippen LogP contribution in [0.1, 0.15) is 52.2 Å². The van der Waals surface area contributed by atoms with Gasteiger partial charge in [0.1, 0.15) is 0 Å². The van der Waals surface area contributed by atoms with Crippen molar-refractivity contribution in [2.24, 2.45) is 0 Å². The molecule has 1 aromatic carbocycles. The summed E-state index contributed by atoms with van der Waals surface area (Å²) in [6.45, 7) is 10.6. The number of hydrogen-bond acceptors (Lipinski definition) is 2. The van der Waals surface area contributed by atoms with E-state index < -0.39 is 0 Å². The summed E-state index contributed by atoms with van der Waals surface area (Å²) in [5, 5.41) is 3.49. The number of ether oxygens (including phenoxy) is 1. The molecule has 0 saturated carbocycles. The van der Waals surface area contributed by atoms with Crippen molar-refractivity contribution in [1.29, 1.82) is 0 Å². The van der Waals surface area contributed by atoms with E-state index in [-0.39, 0.29) is 11.6 Å². The van der Waals surface area contributed by atoms with Crippen LogP contribution in [0.4, 0.5) is 0 Å². The van der Waals surface area contributed by atoms with Gasteiger partial charge in [-0.3, -0.25) is 0 Å². The maximum Gasteiger partial charge on any atom is 0.0796 e. The van der Waals surface area contributed by atoms with E-state index in [0.29, 0.717) is 0 Å². The molecule has 1 rings (SSSR count). The van der Waals surface area contributed by atoms with Crippen molar-refractivity contribution in [2.75, 3.05) is 13.2 Å². The first-order valence-electron chi connectivity index (χ1n) is 6.90. The SMILES string of the molecule is CC(OCCCCNC(C)(C)C)c1ccccc1. The van der Waals surface area contributed by atoms with Crippen LogP contribution in [-0.2, 0) is 4.74 Å². The Balaban J connectivity index is 2.08. The highest BCUT2D eigenvalue weighted by Gasteiger charge is 2.07. The lowest BCUT2D eigenvalue weighted by atomic mass is 10.1. The standard InChI is InChI=1S/C16H27NO/c1-14(15-10-6-5-7-11-15)18-13-9-8-12-17-16(2,3)4/h5-7,10-11,14,17H,8-9,12-13H2,1-4H3. The molecule has 0 fully saturated rings. The van der Waals surface area contributed by atoms with Gasteiger partial charge >= 0.3 is 0 Å². The van der Waals surface area contributed by atoms with Crippen molar-refractivity contribution < 1.29 is 4.74 Å². The summed E-state index contributed by atoms with van der Waals surface area (Å²) in [5.74, 6) is 0. The number of benzene rings is 1. The third kappa shape index (κ3) is 6.77. The zero-order valence-electron chi connectivity index (χ0n) is 12.2. The minimum Gasteiger partial charge on any atom is -0.374 e. The van der Waals surface area contributed by atoms with E-state index in [1.54, 1.807) is 0 Å². The normalized spacial score (nSPS) is 13.6. The molecule has 0 aliphatic carbocycles. The van der Waals surface area contributed by atoms with Crippen molar-refractivity contribution in [3.8, 4) is 0 Å². The lowest BCUT2D eigenvalue weighted by Gasteiger charge is -2.20. The molecule has 0 radical (unpaired) electrons.